The van der Waals surface area contributed by atoms with Gasteiger partial charge in [0.15, 0.2) is 0 Å². The molecule has 198 valence electrons. The van der Waals surface area contributed by atoms with Crippen LogP contribution in [0.5, 0.6) is 5.75 Å². The molecule has 0 unspecified atom stereocenters. The maximum Gasteiger partial charge on any atom is 0.250 e. The fourth-order valence-electron chi connectivity index (χ4n) is 6.01. The number of likely N-dealkylation sites (tertiary alicyclic amines) is 1. The summed E-state index contributed by atoms with van der Waals surface area (Å²) in [5.41, 5.74) is 1.18. The zero-order valence-corrected chi connectivity index (χ0v) is 21.4. The molecule has 1 spiro atoms. The molecule has 0 radical (unpaired) electrons. The van der Waals surface area contributed by atoms with Crippen LogP contribution in [0.2, 0.25) is 0 Å². The second kappa shape index (κ2) is 10.0. The molecule has 3 aromatic carbocycles. The minimum atomic E-state index is -1.23. The van der Waals surface area contributed by atoms with Gasteiger partial charge in [-0.3, -0.25) is 14.4 Å². The number of carbonyl (C=O) groups excluding carboxylic acids is 3. The Morgan fingerprint density at radius 3 is 2.26 bits per heavy atom. The number of rotatable bonds is 8. The summed E-state index contributed by atoms with van der Waals surface area (Å²) in [4.78, 5) is 43.0. The Morgan fingerprint density at radius 2 is 1.59 bits per heavy atom. The van der Waals surface area contributed by atoms with Gasteiger partial charge in [-0.15, -0.1) is 0 Å². The van der Waals surface area contributed by atoms with E-state index >= 15 is 0 Å². The maximum atomic E-state index is 14.1. The summed E-state index contributed by atoms with van der Waals surface area (Å²) in [7, 11) is 1.57. The van der Waals surface area contributed by atoms with Crippen molar-refractivity contribution < 1.29 is 23.9 Å². The van der Waals surface area contributed by atoms with Crippen LogP contribution in [0.1, 0.15) is 11.1 Å². The van der Waals surface area contributed by atoms with Crippen molar-refractivity contribution in [3.63, 3.8) is 0 Å². The lowest BCUT2D eigenvalue weighted by Gasteiger charge is -2.32. The molecule has 3 aromatic rings. The van der Waals surface area contributed by atoms with Crippen molar-refractivity contribution in [2.75, 3.05) is 12.4 Å². The van der Waals surface area contributed by atoms with E-state index in [2.05, 4.69) is 10.6 Å². The van der Waals surface area contributed by atoms with E-state index in [1.807, 2.05) is 72.8 Å². The van der Waals surface area contributed by atoms with Gasteiger partial charge in [-0.05, 0) is 35.4 Å². The number of hydrogen-bond acceptors (Lipinski definition) is 5. The van der Waals surface area contributed by atoms with Crippen LogP contribution in [0.25, 0.3) is 0 Å². The largest absolute Gasteiger partial charge is 0.497 e. The molecule has 0 aromatic heterocycles. The van der Waals surface area contributed by atoms with E-state index in [9.17, 15) is 14.4 Å². The molecule has 0 aliphatic carbocycles. The van der Waals surface area contributed by atoms with Gasteiger partial charge in [-0.25, -0.2) is 0 Å². The van der Waals surface area contributed by atoms with Crippen LogP contribution in [-0.4, -0.2) is 47.5 Å². The molecule has 2 bridgehead atoms. The second-order valence-electron chi connectivity index (χ2n) is 10.1. The normalized spacial score (nSPS) is 26.4. The first-order valence-electron chi connectivity index (χ1n) is 13.0. The molecule has 3 amide bonds. The van der Waals surface area contributed by atoms with E-state index in [1.165, 1.54) is 0 Å². The fourth-order valence-corrected chi connectivity index (χ4v) is 6.01. The van der Waals surface area contributed by atoms with Gasteiger partial charge >= 0.3 is 0 Å². The van der Waals surface area contributed by atoms with Crippen molar-refractivity contribution in [3.05, 3.63) is 108 Å². The average Bonchev–Trinajstić information content (AvgIpc) is 3.61. The lowest BCUT2D eigenvalue weighted by Crippen LogP contribution is -2.52. The summed E-state index contributed by atoms with van der Waals surface area (Å²) >= 11 is 0. The highest BCUT2D eigenvalue weighted by molar-refractivity contribution is 6.04. The topological polar surface area (TPSA) is 97.0 Å². The van der Waals surface area contributed by atoms with Crippen LogP contribution in [0.3, 0.4) is 0 Å². The molecule has 8 nitrogen and oxygen atoms in total. The Kier molecular flexibility index (Phi) is 6.40. The third-order valence-corrected chi connectivity index (χ3v) is 7.79. The fraction of sp³-hybridized carbons (Fsp3) is 0.258. The predicted octanol–water partition coefficient (Wildman–Crippen LogP) is 3.30. The monoisotopic (exact) mass is 523 g/mol. The smallest absolute Gasteiger partial charge is 0.250 e. The Hall–Kier alpha value is -4.43. The van der Waals surface area contributed by atoms with Crippen LogP contribution < -0.4 is 15.4 Å². The highest BCUT2D eigenvalue weighted by Crippen LogP contribution is 2.55. The van der Waals surface area contributed by atoms with E-state index in [4.69, 9.17) is 9.47 Å². The highest BCUT2D eigenvalue weighted by Gasteiger charge is 2.72. The molecule has 2 N–H and O–H groups in total. The molecule has 8 heteroatoms. The third kappa shape index (κ3) is 4.36. The third-order valence-electron chi connectivity index (χ3n) is 7.79. The van der Waals surface area contributed by atoms with E-state index in [1.54, 1.807) is 36.3 Å². The van der Waals surface area contributed by atoms with Crippen molar-refractivity contribution in [2.24, 2.45) is 11.8 Å². The lowest BCUT2D eigenvalue weighted by molar-refractivity contribution is -0.141. The summed E-state index contributed by atoms with van der Waals surface area (Å²) in [6.07, 6.45) is 3.05. The first-order valence-corrected chi connectivity index (χ1v) is 13.0. The van der Waals surface area contributed by atoms with Crippen molar-refractivity contribution in [2.45, 2.75) is 30.8 Å². The average molecular weight is 524 g/mol. The number of nitrogens with one attached hydrogen (secondary N) is 2. The number of amides is 3. The van der Waals surface area contributed by atoms with Crippen LogP contribution in [-0.2, 0) is 32.2 Å². The molecular weight excluding hydrogens is 494 g/mol. The van der Waals surface area contributed by atoms with Gasteiger partial charge in [0, 0.05) is 18.8 Å². The van der Waals surface area contributed by atoms with Crippen molar-refractivity contribution in [1.82, 2.24) is 10.2 Å². The van der Waals surface area contributed by atoms with Gasteiger partial charge in [0.1, 0.15) is 17.4 Å². The molecule has 39 heavy (non-hydrogen) atoms. The minimum Gasteiger partial charge on any atom is -0.497 e. The van der Waals surface area contributed by atoms with E-state index < -0.39 is 29.6 Å². The van der Waals surface area contributed by atoms with Crippen molar-refractivity contribution in [3.8, 4) is 5.75 Å². The quantitative estimate of drug-likeness (QED) is 0.442. The van der Waals surface area contributed by atoms with E-state index in [0.29, 0.717) is 18.0 Å². The van der Waals surface area contributed by atoms with Crippen molar-refractivity contribution in [1.29, 1.82) is 0 Å². The Morgan fingerprint density at radius 1 is 0.923 bits per heavy atom. The van der Waals surface area contributed by atoms with E-state index in [0.717, 1.165) is 11.1 Å². The highest BCUT2D eigenvalue weighted by atomic mass is 16.5. The van der Waals surface area contributed by atoms with Crippen LogP contribution in [0, 0.1) is 11.8 Å². The molecule has 5 atom stereocenters. The number of nitrogens with zero attached hydrogens (tertiary/aromatic N) is 1. The summed E-state index contributed by atoms with van der Waals surface area (Å²) in [5.74, 6) is -1.77. The molecule has 3 aliphatic heterocycles. The molecule has 6 rings (SSSR count). The number of fused-ring (bicyclic) bond motifs is 1. The Balaban J connectivity index is 1.30. The second-order valence-corrected chi connectivity index (χ2v) is 10.1. The van der Waals surface area contributed by atoms with Crippen LogP contribution in [0.15, 0.2) is 97.1 Å². The molecular formula is C31H29N3O5. The maximum absolute atomic E-state index is 14.1. The first kappa shape index (κ1) is 24.9. The van der Waals surface area contributed by atoms with Crippen LogP contribution in [0.4, 0.5) is 5.69 Å². The lowest BCUT2D eigenvalue weighted by atomic mass is 9.74. The van der Waals surface area contributed by atoms with Gasteiger partial charge in [0.25, 0.3) is 5.91 Å². The number of methoxy groups -OCH3 is 1. The summed E-state index contributed by atoms with van der Waals surface area (Å²) in [5, 5.41) is 5.93. The first-order chi connectivity index (χ1) is 19.0. The minimum absolute atomic E-state index is 0.221. The van der Waals surface area contributed by atoms with Gasteiger partial charge < -0.3 is 25.0 Å². The number of carbonyl (C=O) groups is 3. The SMILES string of the molecule is COc1ccc(NC(=O)[C@@H]2N(Cc3ccccc3)C(=O)[C@H]3[C@H](C(=O)NCc4ccccc4)[C@@H]4C=C[C@]23O4)cc1. The van der Waals surface area contributed by atoms with Gasteiger partial charge in [-0.2, -0.15) is 0 Å². The number of anilines is 1. The molecule has 2 saturated heterocycles. The molecule has 3 aliphatic rings. The number of hydrogen-bond donors (Lipinski definition) is 2. The number of benzene rings is 3. The molecule has 3 heterocycles. The number of ether oxygens (including phenoxy) is 2. The molecule has 2 fully saturated rings. The summed E-state index contributed by atoms with van der Waals surface area (Å²) < 4.78 is 11.6. The zero-order valence-electron chi connectivity index (χ0n) is 21.4. The zero-order chi connectivity index (χ0) is 27.0. The van der Waals surface area contributed by atoms with E-state index in [-0.39, 0.29) is 24.3 Å². The van der Waals surface area contributed by atoms with Gasteiger partial charge in [0.2, 0.25) is 11.8 Å². The predicted molar refractivity (Wildman–Crippen MR) is 144 cm³/mol. The summed E-state index contributed by atoms with van der Waals surface area (Å²) in [6.45, 7) is 0.564. The molecule has 0 saturated carbocycles. The van der Waals surface area contributed by atoms with Crippen molar-refractivity contribution >= 4 is 23.4 Å². The van der Waals surface area contributed by atoms with Gasteiger partial charge in [-0.1, -0.05) is 72.8 Å². The Bertz CT molecular complexity index is 1410. The summed E-state index contributed by atoms with van der Waals surface area (Å²) in [6, 6.07) is 25.1. The standard InChI is InChI=1S/C31H29N3O5/c1-38-23-14-12-22(13-15-23)33-29(36)27-31-17-16-24(39-31)25(28(35)32-18-20-8-4-2-5-9-20)26(31)30(37)34(27)19-21-10-6-3-7-11-21/h2-17,24-27H,18-19H2,1H3,(H,32,35)(H,33,36)/t24-,25+,26+,27-,31+/m0/s1. The van der Waals surface area contributed by atoms with Gasteiger partial charge in [0.05, 0.1) is 25.0 Å². The Labute approximate surface area is 226 Å². The van der Waals surface area contributed by atoms with Crippen LogP contribution >= 0.6 is 0 Å².